The van der Waals surface area contributed by atoms with Crippen LogP contribution in [0.15, 0.2) is 394 Å². The number of aryl methyl sites for hydroxylation is 3. The molecule has 30 aromatic rings. The number of rotatable bonds is 9. The van der Waals surface area contributed by atoms with Crippen LogP contribution in [0.3, 0.4) is 0 Å². The van der Waals surface area contributed by atoms with Gasteiger partial charge in [0.1, 0.15) is 0 Å². The van der Waals surface area contributed by atoms with Crippen LogP contribution in [0.25, 0.3) is 234 Å². The summed E-state index contributed by atoms with van der Waals surface area (Å²) in [6.07, 6.45) is 0. The first-order valence-corrected chi connectivity index (χ1v) is 52.8. The van der Waals surface area contributed by atoms with E-state index in [-0.39, 0.29) is 0 Å². The third-order valence-corrected chi connectivity index (χ3v) is 30.6. The van der Waals surface area contributed by atoms with Crippen LogP contribution in [0.4, 0.5) is 0 Å². The van der Waals surface area contributed by atoms with E-state index in [0.29, 0.717) is 74.2 Å². The van der Waals surface area contributed by atoms with E-state index in [9.17, 15) is 0 Å². The maximum atomic E-state index is 5.32. The molecule has 0 bridgehead atoms. The molecule has 15 aromatic carbocycles. The molecule has 0 N–H and O–H groups in total. The average Bonchev–Trinajstić information content (AvgIpc) is 1.52. The number of aromatic nitrogens is 19. The summed E-state index contributed by atoms with van der Waals surface area (Å²) in [6, 6.07) is 140. The molecular formula is C116H80Bi3N19. The van der Waals surface area contributed by atoms with E-state index in [4.69, 9.17) is 34.9 Å². The van der Waals surface area contributed by atoms with Crippen molar-refractivity contribution in [3.8, 4) is 67.9 Å². The maximum absolute atomic E-state index is 5.32. The average molecular weight is 2370 g/mol. The van der Waals surface area contributed by atoms with Crippen molar-refractivity contribution in [3.63, 3.8) is 0 Å². The standard InChI is InChI=1S/2C39H25N6.C38H24N7.3Bi.6H/c1-25-22-27(20-21-40-25)36-37-33(44-31-18-10-8-12-26(31)23-35(44)42(37)28-13-4-2-5-14-28)24-34-38(36)43(29-15-6-3-7-16-29)39-41-30-17-9-11-19-32(30)45(34)39;1-25-20-21-40-30(22-25)36-37-33(44-31-18-10-8-12-26(31)23-35(44)42(37)27-13-4-2-5-14-27)24-34-38(36)43(28-15-6-3-7-16-28)39-41-29-17-9-11-19-32(29)45(34)39;1-24-20-21-39-37(40-24)34-35-31(44-29-18-10-8-12-25(29)22-33(44)42(35)26-13-4-2-5-14-26)23-32-36(34)43(27-15-6-3-7-16-27)38-41-28-17-9-11-19-30(28)45(32)38;;;;;;;;;/h2*2-20,22-24H,1H3;2-20,22-23H,1H3;;;;;;;;;. The van der Waals surface area contributed by atoms with Crippen LogP contribution in [0, 0.1) is 20.8 Å². The van der Waals surface area contributed by atoms with Gasteiger partial charge in [-0.05, 0) is 0 Å². The molecule has 138 heavy (non-hydrogen) atoms. The SMILES string of the molecule is Cc1c[c]([BiH2])nc(-c2c3c(cc4c2n(-c2ccccc2)c2nc5ccccc5n42)n2c4ccccc4cc2n3-c2ccccc2)c1.Cc1c[c]([BiH2])nc(-c2c3c(cc4c2n(-c2ccccc2)c2nc5ccccc5n42)n2c4ccccc4cc2n3-c2ccccc2)n1.Cc1cc(-c2c3c(cc4c2n(-c2ccccc2)c2nc5ccccc5n42)n2c4ccccc4cc2n3-c2ccccc2)c[c]([BiH2])n1. The number of pyridine rings is 2. The van der Waals surface area contributed by atoms with Gasteiger partial charge in [-0.2, -0.15) is 0 Å². The number of fused-ring (bicyclic) bond motifs is 30. The molecule has 19 nitrogen and oxygen atoms in total. The Morgan fingerprint density at radius 1 is 0.203 bits per heavy atom. The predicted octanol–water partition coefficient (Wildman–Crippen LogP) is 21.6. The van der Waals surface area contributed by atoms with Gasteiger partial charge in [0.2, 0.25) is 0 Å². The summed E-state index contributed by atoms with van der Waals surface area (Å²) < 4.78 is 31.9. The second kappa shape index (κ2) is 31.4. The molecule has 0 fully saturated rings. The Labute approximate surface area is 831 Å². The van der Waals surface area contributed by atoms with Gasteiger partial charge in [-0.15, -0.1) is 0 Å². The predicted molar refractivity (Wildman–Crippen MR) is 571 cm³/mol. The molecular weight excluding hydrogens is 2290 g/mol. The zero-order chi connectivity index (χ0) is 91.6. The van der Waals surface area contributed by atoms with Crippen molar-refractivity contribution in [1.29, 1.82) is 0 Å². The normalized spacial score (nSPS) is 12.1. The van der Waals surface area contributed by atoms with Gasteiger partial charge in [-0.25, -0.2) is 0 Å². The molecule has 0 amide bonds. The molecule has 0 spiro atoms. The first kappa shape index (κ1) is 80.6. The third-order valence-electron chi connectivity index (χ3n) is 27.2. The summed E-state index contributed by atoms with van der Waals surface area (Å²) in [6.45, 7) is 6.36. The summed E-state index contributed by atoms with van der Waals surface area (Å²) in [4.78, 5) is 36.3. The molecule has 0 aliphatic carbocycles. The van der Waals surface area contributed by atoms with Crippen LogP contribution in [0.1, 0.15) is 17.0 Å². The van der Waals surface area contributed by atoms with Gasteiger partial charge in [-0.3, -0.25) is 0 Å². The van der Waals surface area contributed by atoms with E-state index in [1.807, 2.05) is 0 Å². The van der Waals surface area contributed by atoms with Gasteiger partial charge in [0, 0.05) is 0 Å². The zero-order valence-corrected chi connectivity index (χ0v) is 88.2. The van der Waals surface area contributed by atoms with Crippen molar-refractivity contribution in [2.24, 2.45) is 0 Å². The number of imidazole rings is 9. The van der Waals surface area contributed by atoms with Crippen molar-refractivity contribution in [2.75, 3.05) is 0 Å². The quantitative estimate of drug-likeness (QED) is 0.131. The number of nitrogens with zero attached hydrogens (tertiary/aromatic N) is 19. The van der Waals surface area contributed by atoms with Crippen molar-refractivity contribution >= 4 is 251 Å². The third kappa shape index (κ3) is 12.2. The van der Waals surface area contributed by atoms with Gasteiger partial charge in [0.05, 0.1) is 0 Å². The Morgan fingerprint density at radius 3 is 0.862 bits per heavy atom. The van der Waals surface area contributed by atoms with Crippen molar-refractivity contribution in [2.45, 2.75) is 20.8 Å². The van der Waals surface area contributed by atoms with Gasteiger partial charge in [-0.1, -0.05) is 0 Å². The number of benzene rings is 15. The Balaban J connectivity index is 0.000000102. The summed E-state index contributed by atoms with van der Waals surface area (Å²) >= 11 is 1.80. The van der Waals surface area contributed by atoms with E-state index in [2.05, 4.69) is 469 Å². The molecule has 0 saturated heterocycles. The van der Waals surface area contributed by atoms with Crippen molar-refractivity contribution < 1.29 is 0 Å². The van der Waals surface area contributed by atoms with Crippen LogP contribution in [-0.2, 0) is 0 Å². The van der Waals surface area contributed by atoms with Gasteiger partial charge in [0.25, 0.3) is 0 Å². The second-order valence-electron chi connectivity index (χ2n) is 35.5. The van der Waals surface area contributed by atoms with Crippen LogP contribution >= 0.6 is 0 Å². The van der Waals surface area contributed by atoms with Crippen molar-refractivity contribution in [3.05, 3.63) is 411 Å². The van der Waals surface area contributed by atoms with Gasteiger partial charge < -0.3 is 0 Å². The fourth-order valence-electron chi connectivity index (χ4n) is 21.9. The van der Waals surface area contributed by atoms with Gasteiger partial charge >= 0.3 is 839 Å². The van der Waals surface area contributed by atoms with Crippen LogP contribution < -0.4 is 10.2 Å². The molecule has 654 valence electrons. The fourth-order valence-corrected chi connectivity index (χ4v) is 26.3. The fraction of sp³-hybridized carbons (Fsp3) is 0.0259. The monoisotopic (exact) mass is 2370 g/mol. The first-order valence-electron chi connectivity index (χ1n) is 46.1. The van der Waals surface area contributed by atoms with E-state index in [1.165, 1.54) is 43.9 Å². The molecule has 15 heterocycles. The van der Waals surface area contributed by atoms with Gasteiger partial charge in [0.15, 0.2) is 0 Å². The Kier molecular flexibility index (Phi) is 18.3. The molecule has 0 aliphatic rings. The topological polar surface area (TPSA) is 146 Å². The van der Waals surface area contributed by atoms with Crippen LogP contribution in [-0.4, -0.2) is 163 Å². The van der Waals surface area contributed by atoms with Crippen molar-refractivity contribution in [1.82, 2.24) is 88.7 Å². The number of hydrogen-bond acceptors (Lipinski definition) is 7. The minimum absolute atomic E-state index is 0.572. The minimum atomic E-state index is 0.572. The Hall–Kier alpha value is -15.8. The first-order chi connectivity index (χ1) is 68.0. The summed E-state index contributed by atoms with van der Waals surface area (Å²) in [5.41, 5.74) is 41.4. The van der Waals surface area contributed by atoms with Crippen LogP contribution in [0.2, 0.25) is 0 Å². The molecule has 30 rings (SSSR count). The Morgan fingerprint density at radius 2 is 0.493 bits per heavy atom. The van der Waals surface area contributed by atoms with E-state index >= 15 is 0 Å². The molecule has 0 aliphatic heterocycles. The number of hydrogen-bond donors (Lipinski definition) is 0. The molecule has 0 atom stereocenters. The zero-order valence-electron chi connectivity index (χ0n) is 74.8. The van der Waals surface area contributed by atoms with E-state index in [0.717, 1.165) is 217 Å². The molecule has 22 heteroatoms. The second-order valence-corrected chi connectivity index (χ2v) is 42.4. The van der Waals surface area contributed by atoms with E-state index in [1.54, 1.807) is 0 Å². The molecule has 15 aromatic heterocycles. The van der Waals surface area contributed by atoms with Crippen LogP contribution in [0.5, 0.6) is 0 Å². The molecule has 0 saturated carbocycles. The Bertz CT molecular complexity index is 8830. The summed E-state index contributed by atoms with van der Waals surface area (Å²) in [5, 5.41) is 3.62. The van der Waals surface area contributed by atoms with E-state index < -0.39 is 0 Å². The molecule has 0 unspecified atom stereocenters. The summed E-state index contributed by atoms with van der Waals surface area (Å²) in [7, 11) is 0. The molecule has 0 radical (unpaired) electrons. The number of para-hydroxylation sites is 15. The summed E-state index contributed by atoms with van der Waals surface area (Å²) in [5.74, 6) is 3.38.